The van der Waals surface area contributed by atoms with Crippen LogP contribution in [0.2, 0.25) is 0 Å². The lowest BCUT2D eigenvalue weighted by molar-refractivity contribution is -0.121. The van der Waals surface area contributed by atoms with Crippen LogP contribution in [0.3, 0.4) is 0 Å². The van der Waals surface area contributed by atoms with Crippen molar-refractivity contribution in [3.8, 4) is 0 Å². The maximum absolute atomic E-state index is 12.8. The third-order valence-corrected chi connectivity index (χ3v) is 5.88. The van der Waals surface area contributed by atoms with Gasteiger partial charge in [0.15, 0.2) is 4.77 Å². The Morgan fingerprint density at radius 3 is 2.73 bits per heavy atom. The third-order valence-electron chi connectivity index (χ3n) is 5.55. The normalized spacial score (nSPS) is 15.3. The van der Waals surface area contributed by atoms with Gasteiger partial charge in [0.05, 0.1) is 23.6 Å². The summed E-state index contributed by atoms with van der Waals surface area (Å²) in [5.41, 5.74) is 0.372. The summed E-state index contributed by atoms with van der Waals surface area (Å²) in [7, 11) is 1.29. The molecule has 1 saturated heterocycles. The maximum Gasteiger partial charge on any atom is 0.337 e. The fourth-order valence-corrected chi connectivity index (χ4v) is 3.92. The first kappa shape index (κ1) is 22.2. The highest BCUT2D eigenvalue weighted by Gasteiger charge is 2.15. The molecule has 0 atom stereocenters. The minimum atomic E-state index is -0.501. The Labute approximate surface area is 180 Å². The molecular weight excluding hydrogens is 404 g/mol. The van der Waals surface area contributed by atoms with Gasteiger partial charge in [-0.1, -0.05) is 6.92 Å². The van der Waals surface area contributed by atoms with E-state index >= 15 is 0 Å². The van der Waals surface area contributed by atoms with E-state index in [9.17, 15) is 14.4 Å². The van der Waals surface area contributed by atoms with Crippen LogP contribution in [-0.2, 0) is 16.1 Å². The van der Waals surface area contributed by atoms with E-state index in [-0.39, 0.29) is 22.8 Å². The first-order valence-electron chi connectivity index (χ1n) is 10.2. The van der Waals surface area contributed by atoms with Crippen LogP contribution >= 0.6 is 12.2 Å². The summed E-state index contributed by atoms with van der Waals surface area (Å²) in [5.74, 6) is 0.0471. The second-order valence-electron chi connectivity index (χ2n) is 7.80. The number of H-pyrrole nitrogens is 1. The number of likely N-dealkylation sites (tertiary alicyclic amines) is 1. The van der Waals surface area contributed by atoms with Gasteiger partial charge in [-0.15, -0.1) is 0 Å². The van der Waals surface area contributed by atoms with E-state index in [4.69, 9.17) is 17.0 Å². The fourth-order valence-electron chi connectivity index (χ4n) is 3.66. The van der Waals surface area contributed by atoms with E-state index in [1.165, 1.54) is 42.7 Å². The Kier molecular flexibility index (Phi) is 7.38. The summed E-state index contributed by atoms with van der Waals surface area (Å²) in [6.45, 7) is 5.90. The number of fused-ring (bicyclic) bond motifs is 1. The highest BCUT2D eigenvalue weighted by atomic mass is 32.1. The molecule has 9 heteroatoms. The van der Waals surface area contributed by atoms with Crippen LogP contribution in [0, 0.1) is 10.7 Å². The van der Waals surface area contributed by atoms with E-state index < -0.39 is 5.97 Å². The molecule has 1 fully saturated rings. The highest BCUT2D eigenvalue weighted by Crippen LogP contribution is 2.15. The third kappa shape index (κ3) is 5.34. The van der Waals surface area contributed by atoms with Crippen LogP contribution in [0.4, 0.5) is 0 Å². The Morgan fingerprint density at radius 1 is 1.30 bits per heavy atom. The van der Waals surface area contributed by atoms with Crippen LogP contribution in [0.5, 0.6) is 0 Å². The van der Waals surface area contributed by atoms with Gasteiger partial charge in [-0.25, -0.2) is 4.79 Å². The second-order valence-corrected chi connectivity index (χ2v) is 8.19. The Balaban J connectivity index is 1.59. The molecule has 1 aromatic heterocycles. The zero-order chi connectivity index (χ0) is 21.7. The Morgan fingerprint density at radius 2 is 2.03 bits per heavy atom. The number of methoxy groups -OCH3 is 1. The number of aromatic amines is 1. The molecule has 162 valence electrons. The maximum atomic E-state index is 12.8. The quantitative estimate of drug-likeness (QED) is 0.395. The first-order chi connectivity index (χ1) is 14.4. The van der Waals surface area contributed by atoms with Gasteiger partial charge >= 0.3 is 5.97 Å². The van der Waals surface area contributed by atoms with E-state index in [2.05, 4.69) is 22.1 Å². The van der Waals surface area contributed by atoms with Crippen molar-refractivity contribution in [2.45, 2.75) is 32.7 Å². The molecule has 0 bridgehead atoms. The number of piperidine rings is 1. The number of aromatic nitrogens is 2. The molecule has 1 aliphatic heterocycles. The zero-order valence-electron chi connectivity index (χ0n) is 17.4. The average molecular weight is 433 g/mol. The first-order valence-corrected chi connectivity index (χ1v) is 10.6. The lowest BCUT2D eigenvalue weighted by Crippen LogP contribution is -2.37. The van der Waals surface area contributed by atoms with E-state index in [0.29, 0.717) is 23.0 Å². The number of rotatable bonds is 7. The second kappa shape index (κ2) is 9.99. The van der Waals surface area contributed by atoms with Gasteiger partial charge in [-0.2, -0.15) is 0 Å². The van der Waals surface area contributed by atoms with Gasteiger partial charge in [-0.3, -0.25) is 14.2 Å². The number of esters is 1. The summed E-state index contributed by atoms with van der Waals surface area (Å²) in [4.78, 5) is 42.1. The van der Waals surface area contributed by atoms with Crippen molar-refractivity contribution in [3.05, 3.63) is 38.9 Å². The molecule has 0 radical (unpaired) electrons. The smallest absolute Gasteiger partial charge is 0.337 e. The van der Waals surface area contributed by atoms with Gasteiger partial charge in [0.2, 0.25) is 5.91 Å². The van der Waals surface area contributed by atoms with Gasteiger partial charge in [0.1, 0.15) is 6.54 Å². The van der Waals surface area contributed by atoms with Crippen molar-refractivity contribution >= 4 is 35.0 Å². The molecule has 2 heterocycles. The lowest BCUT2D eigenvalue weighted by atomic mass is 9.99. The van der Waals surface area contributed by atoms with Crippen molar-refractivity contribution in [2.75, 3.05) is 33.3 Å². The number of amides is 1. The van der Waals surface area contributed by atoms with Gasteiger partial charge in [-0.05, 0) is 75.2 Å². The summed E-state index contributed by atoms with van der Waals surface area (Å²) in [5, 5.41) is 3.22. The molecule has 0 spiro atoms. The van der Waals surface area contributed by atoms with Crippen LogP contribution in [0.25, 0.3) is 10.9 Å². The lowest BCUT2D eigenvalue weighted by Gasteiger charge is -2.30. The summed E-state index contributed by atoms with van der Waals surface area (Å²) in [6, 6.07) is 4.56. The molecule has 1 aromatic carbocycles. The van der Waals surface area contributed by atoms with Crippen molar-refractivity contribution < 1.29 is 14.3 Å². The Hall–Kier alpha value is -2.52. The van der Waals surface area contributed by atoms with E-state index in [1.807, 2.05) is 0 Å². The van der Waals surface area contributed by atoms with Crippen molar-refractivity contribution in [1.82, 2.24) is 19.8 Å². The average Bonchev–Trinajstić information content (AvgIpc) is 2.74. The molecule has 3 rings (SSSR count). The number of nitrogens with one attached hydrogen (secondary N) is 2. The van der Waals surface area contributed by atoms with Crippen molar-refractivity contribution in [2.24, 2.45) is 5.92 Å². The number of hydrogen-bond acceptors (Lipinski definition) is 6. The fraction of sp³-hybridized carbons (Fsp3) is 0.524. The largest absolute Gasteiger partial charge is 0.465 e. The van der Waals surface area contributed by atoms with Gasteiger partial charge in [0.25, 0.3) is 5.56 Å². The number of nitrogens with zero attached hydrogens (tertiary/aromatic N) is 2. The van der Waals surface area contributed by atoms with Crippen molar-refractivity contribution in [1.29, 1.82) is 0 Å². The number of benzene rings is 1. The van der Waals surface area contributed by atoms with Crippen LogP contribution in [0.15, 0.2) is 23.0 Å². The predicted octanol–water partition coefficient (Wildman–Crippen LogP) is 2.08. The predicted molar refractivity (Wildman–Crippen MR) is 117 cm³/mol. The standard InChI is InChI=1S/C21H28N4O4S/c1-14-6-10-24(11-7-14)9-3-8-22-18(26)13-25-19(27)16-5-4-15(20(28)29-2)12-17(16)23-21(25)30/h4-5,12,14H,3,6-11,13H2,1-2H3,(H,22,26)(H,23,30). The Bertz CT molecular complexity index is 1040. The van der Waals surface area contributed by atoms with Gasteiger partial charge < -0.3 is 19.9 Å². The minimum Gasteiger partial charge on any atom is -0.465 e. The SMILES string of the molecule is COC(=O)c1ccc2c(=O)n(CC(=O)NCCCN3CCC(C)CC3)c(=S)[nH]c2c1. The van der Waals surface area contributed by atoms with Crippen LogP contribution in [-0.4, -0.2) is 59.6 Å². The highest BCUT2D eigenvalue weighted by molar-refractivity contribution is 7.71. The van der Waals surface area contributed by atoms with E-state index in [1.54, 1.807) is 0 Å². The molecule has 30 heavy (non-hydrogen) atoms. The molecule has 1 aliphatic rings. The topological polar surface area (TPSA) is 96.4 Å². The van der Waals surface area contributed by atoms with Crippen molar-refractivity contribution in [3.63, 3.8) is 0 Å². The molecule has 0 saturated carbocycles. The molecule has 2 aromatic rings. The van der Waals surface area contributed by atoms with Crippen LogP contribution in [0.1, 0.15) is 36.5 Å². The molecule has 2 N–H and O–H groups in total. The molecular formula is C21H28N4O4S. The van der Waals surface area contributed by atoms with Gasteiger partial charge in [0, 0.05) is 6.54 Å². The minimum absolute atomic E-state index is 0.132. The monoisotopic (exact) mass is 432 g/mol. The number of ether oxygens (including phenoxy) is 1. The van der Waals surface area contributed by atoms with Crippen LogP contribution < -0.4 is 10.9 Å². The summed E-state index contributed by atoms with van der Waals surface area (Å²) < 4.78 is 6.06. The number of hydrogen-bond donors (Lipinski definition) is 2. The number of carbonyl (C=O) groups is 2. The molecule has 1 amide bonds. The molecule has 0 aliphatic carbocycles. The summed E-state index contributed by atoms with van der Waals surface area (Å²) >= 11 is 5.26. The zero-order valence-corrected chi connectivity index (χ0v) is 18.2. The van der Waals surface area contributed by atoms with E-state index in [0.717, 1.165) is 32.0 Å². The summed E-state index contributed by atoms with van der Waals surface area (Å²) in [6.07, 6.45) is 3.34. The molecule has 8 nitrogen and oxygen atoms in total. The number of carbonyl (C=O) groups excluding carboxylic acids is 2. The molecule has 0 unspecified atom stereocenters.